The number of primary amides is 1. The molecule has 0 aromatic rings. The Hall–Kier alpha value is -0.770. The van der Waals surface area contributed by atoms with Gasteiger partial charge < -0.3 is 10.6 Å². The van der Waals surface area contributed by atoms with Crippen molar-refractivity contribution in [2.45, 2.75) is 25.8 Å². The Labute approximate surface area is 88.4 Å². The highest BCUT2D eigenvalue weighted by molar-refractivity contribution is 6.18. The second-order valence-corrected chi connectivity index (χ2v) is 3.91. The third-order valence-corrected chi connectivity index (χ3v) is 2.98. The number of hydrogen-bond acceptors (Lipinski definition) is 2. The molecule has 2 amide bonds. The number of halogens is 1. The van der Waals surface area contributed by atoms with Crippen molar-refractivity contribution in [3.05, 3.63) is 0 Å². The van der Waals surface area contributed by atoms with E-state index in [2.05, 4.69) is 0 Å². The van der Waals surface area contributed by atoms with Crippen LogP contribution in [0.2, 0.25) is 0 Å². The fourth-order valence-corrected chi connectivity index (χ4v) is 2.00. The van der Waals surface area contributed by atoms with Crippen LogP contribution in [0.15, 0.2) is 0 Å². The van der Waals surface area contributed by atoms with Gasteiger partial charge in [0.05, 0.1) is 0 Å². The fourth-order valence-electron chi connectivity index (χ4n) is 1.79. The van der Waals surface area contributed by atoms with Gasteiger partial charge in [-0.2, -0.15) is 0 Å². The Morgan fingerprint density at radius 3 is 2.79 bits per heavy atom. The minimum absolute atomic E-state index is 0.0127. The molecule has 1 saturated heterocycles. The molecule has 80 valence electrons. The third-order valence-electron chi connectivity index (χ3n) is 2.55. The number of nitrogens with zero attached hydrogens (tertiary/aromatic N) is 1. The molecule has 14 heavy (non-hydrogen) atoms. The largest absolute Gasteiger partial charge is 0.368 e. The van der Waals surface area contributed by atoms with Crippen LogP contribution in [-0.2, 0) is 9.59 Å². The molecule has 0 aromatic carbocycles. The van der Waals surface area contributed by atoms with Crippen molar-refractivity contribution in [3.8, 4) is 0 Å². The van der Waals surface area contributed by atoms with Gasteiger partial charge in [-0.05, 0) is 12.3 Å². The summed E-state index contributed by atoms with van der Waals surface area (Å²) in [6.45, 7) is 2.40. The average Bonchev–Trinajstić information content (AvgIpc) is 2.48. The average molecular weight is 219 g/mol. The van der Waals surface area contributed by atoms with E-state index in [0.717, 1.165) is 0 Å². The van der Waals surface area contributed by atoms with Gasteiger partial charge in [-0.3, -0.25) is 9.59 Å². The first-order chi connectivity index (χ1) is 6.60. The zero-order chi connectivity index (χ0) is 10.7. The molecule has 1 aliphatic rings. The van der Waals surface area contributed by atoms with Gasteiger partial charge in [0, 0.05) is 18.8 Å². The summed E-state index contributed by atoms with van der Waals surface area (Å²) in [5, 5.41) is 0. The van der Waals surface area contributed by atoms with Crippen molar-refractivity contribution >= 4 is 23.4 Å². The minimum Gasteiger partial charge on any atom is -0.368 e. The lowest BCUT2D eigenvalue weighted by molar-refractivity contribution is -0.136. The number of hydrogen-bond donors (Lipinski definition) is 1. The highest BCUT2D eigenvalue weighted by atomic mass is 35.5. The number of amides is 2. The van der Waals surface area contributed by atoms with E-state index in [-0.39, 0.29) is 11.8 Å². The zero-order valence-corrected chi connectivity index (χ0v) is 8.96. The Morgan fingerprint density at radius 2 is 2.43 bits per heavy atom. The predicted molar refractivity (Wildman–Crippen MR) is 53.8 cm³/mol. The number of likely N-dealkylation sites (tertiary alicyclic amines) is 1. The summed E-state index contributed by atoms with van der Waals surface area (Å²) in [6, 6.07) is -0.462. The number of carbonyl (C=O) groups excluding carboxylic acids is 2. The van der Waals surface area contributed by atoms with Gasteiger partial charge in [0.25, 0.3) is 0 Å². The van der Waals surface area contributed by atoms with E-state index in [1.807, 2.05) is 6.92 Å². The molecule has 0 aliphatic carbocycles. The summed E-state index contributed by atoms with van der Waals surface area (Å²) in [5.74, 6) is 0.173. The molecule has 2 atom stereocenters. The van der Waals surface area contributed by atoms with E-state index < -0.39 is 11.9 Å². The van der Waals surface area contributed by atoms with Crippen LogP contribution in [0.25, 0.3) is 0 Å². The predicted octanol–water partition coefficient (Wildman–Crippen LogP) is 0.338. The molecule has 0 saturated carbocycles. The molecule has 2 N–H and O–H groups in total. The maximum absolute atomic E-state index is 11.5. The Kier molecular flexibility index (Phi) is 3.75. The molecule has 0 radical (unpaired) electrons. The smallest absolute Gasteiger partial charge is 0.240 e. The topological polar surface area (TPSA) is 63.4 Å². The fraction of sp³-hybridized carbons (Fsp3) is 0.778. The van der Waals surface area contributed by atoms with Crippen LogP contribution in [-0.4, -0.2) is 35.2 Å². The van der Waals surface area contributed by atoms with Crippen LogP contribution in [0.5, 0.6) is 0 Å². The molecular formula is C9H15ClN2O2. The van der Waals surface area contributed by atoms with E-state index >= 15 is 0 Å². The lowest BCUT2D eigenvalue weighted by Crippen LogP contribution is -2.45. The Balaban J connectivity index is 2.68. The molecule has 1 rings (SSSR count). The number of alkyl halides is 1. The van der Waals surface area contributed by atoms with Crippen LogP contribution in [0.1, 0.15) is 19.8 Å². The van der Waals surface area contributed by atoms with Crippen LogP contribution in [0.3, 0.4) is 0 Å². The summed E-state index contributed by atoms with van der Waals surface area (Å²) in [4.78, 5) is 24.1. The molecule has 1 fully saturated rings. The van der Waals surface area contributed by atoms with Gasteiger partial charge in [-0.25, -0.2) is 0 Å². The van der Waals surface area contributed by atoms with E-state index in [0.29, 0.717) is 25.3 Å². The highest BCUT2D eigenvalue weighted by Crippen LogP contribution is 2.22. The minimum atomic E-state index is -0.462. The maximum Gasteiger partial charge on any atom is 0.240 e. The van der Waals surface area contributed by atoms with Crippen molar-refractivity contribution in [1.82, 2.24) is 4.90 Å². The number of nitrogens with two attached hydrogens (primary N) is 1. The Morgan fingerprint density at radius 1 is 1.79 bits per heavy atom. The lowest BCUT2D eigenvalue weighted by atomic mass is 10.1. The molecule has 0 aromatic heterocycles. The lowest BCUT2D eigenvalue weighted by Gasteiger charge is -2.24. The van der Waals surface area contributed by atoms with Gasteiger partial charge >= 0.3 is 0 Å². The summed E-state index contributed by atoms with van der Waals surface area (Å²) in [6.07, 6.45) is 1.00. The first kappa shape index (κ1) is 11.3. The zero-order valence-electron chi connectivity index (χ0n) is 8.20. The van der Waals surface area contributed by atoms with Crippen molar-refractivity contribution < 1.29 is 9.59 Å². The number of rotatable bonds is 4. The second kappa shape index (κ2) is 4.64. The maximum atomic E-state index is 11.5. The molecular weight excluding hydrogens is 204 g/mol. The standard InChI is InChI=1S/C9H15ClN2O2/c1-2-7(9(11)14)12-5-6(4-10)3-8(12)13/h6-7H,2-5H2,1H3,(H2,11,14)/t6?,7-/m1/s1. The van der Waals surface area contributed by atoms with Gasteiger partial charge in [-0.1, -0.05) is 6.92 Å². The molecule has 1 heterocycles. The van der Waals surface area contributed by atoms with Crippen molar-refractivity contribution in [3.63, 3.8) is 0 Å². The van der Waals surface area contributed by atoms with E-state index in [1.54, 1.807) is 4.90 Å². The Bertz CT molecular complexity index is 245. The van der Waals surface area contributed by atoms with Crippen molar-refractivity contribution in [1.29, 1.82) is 0 Å². The summed E-state index contributed by atoms with van der Waals surface area (Å²) in [7, 11) is 0. The molecule has 1 unspecified atom stereocenters. The van der Waals surface area contributed by atoms with Gasteiger partial charge in [-0.15, -0.1) is 11.6 Å². The van der Waals surface area contributed by atoms with E-state index in [1.165, 1.54) is 0 Å². The monoisotopic (exact) mass is 218 g/mol. The highest BCUT2D eigenvalue weighted by Gasteiger charge is 2.35. The summed E-state index contributed by atoms with van der Waals surface area (Å²) >= 11 is 5.67. The third kappa shape index (κ3) is 2.18. The van der Waals surface area contributed by atoms with E-state index in [9.17, 15) is 9.59 Å². The van der Waals surface area contributed by atoms with Crippen LogP contribution in [0.4, 0.5) is 0 Å². The van der Waals surface area contributed by atoms with Crippen molar-refractivity contribution in [2.24, 2.45) is 11.7 Å². The van der Waals surface area contributed by atoms with Crippen molar-refractivity contribution in [2.75, 3.05) is 12.4 Å². The molecule has 0 bridgehead atoms. The normalized spacial score (nSPS) is 24.0. The SMILES string of the molecule is CC[C@H](C(N)=O)N1CC(CCl)CC1=O. The van der Waals surface area contributed by atoms with E-state index in [4.69, 9.17) is 17.3 Å². The molecule has 5 heteroatoms. The second-order valence-electron chi connectivity index (χ2n) is 3.60. The quantitative estimate of drug-likeness (QED) is 0.692. The number of carbonyl (C=O) groups is 2. The molecule has 0 spiro atoms. The first-order valence-electron chi connectivity index (χ1n) is 4.74. The van der Waals surface area contributed by atoms with Crippen LogP contribution < -0.4 is 5.73 Å². The molecule has 1 aliphatic heterocycles. The van der Waals surface area contributed by atoms with Crippen LogP contribution >= 0.6 is 11.6 Å². The molecule has 4 nitrogen and oxygen atoms in total. The van der Waals surface area contributed by atoms with Gasteiger partial charge in [0.1, 0.15) is 6.04 Å². The van der Waals surface area contributed by atoms with Gasteiger partial charge in [0.15, 0.2) is 0 Å². The van der Waals surface area contributed by atoms with Gasteiger partial charge in [0.2, 0.25) is 11.8 Å². The van der Waals surface area contributed by atoms with Crippen LogP contribution in [0, 0.1) is 5.92 Å². The summed E-state index contributed by atoms with van der Waals surface area (Å²) < 4.78 is 0. The summed E-state index contributed by atoms with van der Waals surface area (Å²) in [5.41, 5.74) is 5.21. The first-order valence-corrected chi connectivity index (χ1v) is 5.28.